The van der Waals surface area contributed by atoms with Gasteiger partial charge in [-0.1, -0.05) is 30.3 Å². The summed E-state index contributed by atoms with van der Waals surface area (Å²) in [7, 11) is 3.64. The van der Waals surface area contributed by atoms with Gasteiger partial charge >= 0.3 is 18.4 Å². The molecule has 1 unspecified atom stereocenters. The molecule has 39 heavy (non-hydrogen) atoms. The molecular formula is C27H29F6N3O3. The normalized spacial score (nSPS) is 18.5. The minimum absolute atomic E-state index is 0.00143. The van der Waals surface area contributed by atoms with E-state index in [-0.39, 0.29) is 25.1 Å². The van der Waals surface area contributed by atoms with E-state index in [2.05, 4.69) is 4.99 Å². The molecule has 0 aliphatic carbocycles. The highest BCUT2D eigenvalue weighted by Crippen LogP contribution is 2.37. The van der Waals surface area contributed by atoms with Gasteiger partial charge in [-0.2, -0.15) is 31.3 Å². The molecule has 3 rings (SSSR count). The SMILES string of the molecule is CN(C)CCOC(=O)N=CC1CCN(C(=O)c2cc(C(F)(F)F)cc(C(F)(F)F)c2)[C@H](Cc2ccccc2)C1. The Balaban J connectivity index is 1.85. The van der Waals surface area contributed by atoms with Gasteiger partial charge in [0.1, 0.15) is 6.61 Å². The van der Waals surface area contributed by atoms with Crippen molar-refractivity contribution in [2.75, 3.05) is 33.8 Å². The molecule has 1 heterocycles. The lowest BCUT2D eigenvalue weighted by Crippen LogP contribution is -2.47. The number of aliphatic imine (C=N–C) groups is 1. The maximum absolute atomic E-state index is 13.4. The third kappa shape index (κ3) is 8.81. The summed E-state index contributed by atoms with van der Waals surface area (Å²) in [4.78, 5) is 32.3. The number of likely N-dealkylation sites (N-methyl/N-ethyl adjacent to an activating group) is 1. The number of alkyl halides is 6. The standard InChI is InChI=1S/C27H29F6N3O3/c1-35(2)10-11-39-25(38)34-17-19-8-9-36(23(13-19)12-18-6-4-3-5-7-18)24(37)20-14-21(26(28,29)30)16-22(15-20)27(31,32)33/h3-7,14-17,19,23H,8-13H2,1-2H3/t19?,23-/m1/s1. The van der Waals surface area contributed by atoms with Crippen molar-refractivity contribution in [3.63, 3.8) is 0 Å². The Morgan fingerprint density at radius 3 is 2.21 bits per heavy atom. The molecule has 0 radical (unpaired) electrons. The second-order valence-corrected chi connectivity index (χ2v) is 9.62. The predicted molar refractivity (Wildman–Crippen MR) is 133 cm³/mol. The maximum atomic E-state index is 13.4. The fourth-order valence-corrected chi connectivity index (χ4v) is 4.33. The predicted octanol–water partition coefficient (Wildman–Crippen LogP) is 5.96. The number of halogens is 6. The molecule has 12 heteroatoms. The molecule has 1 aliphatic heterocycles. The maximum Gasteiger partial charge on any atom is 0.433 e. The number of carbonyl (C=O) groups is 2. The average molecular weight is 558 g/mol. The molecule has 6 nitrogen and oxygen atoms in total. The van der Waals surface area contributed by atoms with Gasteiger partial charge in [0, 0.05) is 30.9 Å². The molecule has 0 bridgehead atoms. The smallest absolute Gasteiger partial charge is 0.433 e. The Morgan fingerprint density at radius 2 is 1.64 bits per heavy atom. The molecule has 2 aromatic rings. The molecule has 2 aromatic carbocycles. The number of hydrogen-bond acceptors (Lipinski definition) is 4. The van der Waals surface area contributed by atoms with E-state index >= 15 is 0 Å². The van der Waals surface area contributed by atoms with E-state index in [0.29, 0.717) is 37.9 Å². The zero-order valence-electron chi connectivity index (χ0n) is 21.4. The minimum atomic E-state index is -5.07. The van der Waals surface area contributed by atoms with Crippen LogP contribution >= 0.6 is 0 Å². The highest BCUT2D eigenvalue weighted by Gasteiger charge is 2.39. The molecule has 1 fully saturated rings. The molecule has 0 saturated carbocycles. The number of nitrogens with zero attached hydrogens (tertiary/aromatic N) is 3. The first kappa shape index (κ1) is 30.1. The molecule has 212 valence electrons. The van der Waals surface area contributed by atoms with Gasteiger partial charge in [0.2, 0.25) is 0 Å². The fraction of sp³-hybridized carbons (Fsp3) is 0.444. The van der Waals surface area contributed by atoms with Crippen LogP contribution in [0.25, 0.3) is 0 Å². The largest absolute Gasteiger partial charge is 0.447 e. The van der Waals surface area contributed by atoms with Crippen molar-refractivity contribution in [2.45, 2.75) is 37.7 Å². The molecule has 0 spiro atoms. The Hall–Kier alpha value is -3.41. The van der Waals surface area contributed by atoms with Gasteiger partial charge in [0.25, 0.3) is 5.91 Å². The van der Waals surface area contributed by atoms with Crippen LogP contribution in [0.2, 0.25) is 0 Å². The number of likely N-dealkylation sites (tertiary alicyclic amines) is 1. The van der Waals surface area contributed by atoms with Crippen LogP contribution in [0, 0.1) is 5.92 Å². The van der Waals surface area contributed by atoms with Crippen LogP contribution in [0.15, 0.2) is 53.5 Å². The Labute approximate surface area is 222 Å². The van der Waals surface area contributed by atoms with E-state index < -0.39 is 47.1 Å². The summed E-state index contributed by atoms with van der Waals surface area (Å²) in [5, 5.41) is 0. The van der Waals surface area contributed by atoms with Gasteiger partial charge < -0.3 is 14.5 Å². The molecule has 0 N–H and O–H groups in total. The van der Waals surface area contributed by atoms with Crippen LogP contribution in [0.1, 0.15) is 39.9 Å². The van der Waals surface area contributed by atoms with Crippen LogP contribution in [0.4, 0.5) is 31.1 Å². The summed E-state index contributed by atoms with van der Waals surface area (Å²) in [6.07, 6.45) is -8.52. The number of ether oxygens (including phenoxy) is 1. The monoisotopic (exact) mass is 557 g/mol. The van der Waals surface area contributed by atoms with E-state index in [1.165, 1.54) is 11.1 Å². The number of hydrogen-bond donors (Lipinski definition) is 0. The van der Waals surface area contributed by atoms with E-state index in [9.17, 15) is 35.9 Å². The second-order valence-electron chi connectivity index (χ2n) is 9.62. The van der Waals surface area contributed by atoms with E-state index in [1.54, 1.807) is 18.2 Å². The lowest BCUT2D eigenvalue weighted by molar-refractivity contribution is -0.143. The highest BCUT2D eigenvalue weighted by molar-refractivity contribution is 5.95. The van der Waals surface area contributed by atoms with Gasteiger partial charge in [-0.15, -0.1) is 0 Å². The van der Waals surface area contributed by atoms with Gasteiger partial charge in [-0.25, -0.2) is 4.79 Å². The van der Waals surface area contributed by atoms with Crippen LogP contribution in [-0.2, 0) is 23.5 Å². The summed E-state index contributed by atoms with van der Waals surface area (Å²) in [5.74, 6) is -1.18. The van der Waals surface area contributed by atoms with E-state index in [0.717, 1.165) is 5.56 Å². The van der Waals surface area contributed by atoms with Gasteiger partial charge in [-0.3, -0.25) is 4.79 Å². The molecule has 1 aliphatic rings. The van der Waals surface area contributed by atoms with Crippen LogP contribution in [0.3, 0.4) is 0 Å². The van der Waals surface area contributed by atoms with Gasteiger partial charge in [0.05, 0.1) is 11.1 Å². The first-order chi connectivity index (χ1) is 18.2. The second kappa shape index (κ2) is 12.6. The summed E-state index contributed by atoms with van der Waals surface area (Å²) in [6.45, 7) is 0.733. The van der Waals surface area contributed by atoms with Crippen molar-refractivity contribution in [3.8, 4) is 0 Å². The number of piperidine rings is 1. The third-order valence-corrected chi connectivity index (χ3v) is 6.32. The number of carbonyl (C=O) groups excluding carboxylic acids is 2. The minimum Gasteiger partial charge on any atom is -0.447 e. The quantitative estimate of drug-likeness (QED) is 0.312. The van der Waals surface area contributed by atoms with Crippen molar-refractivity contribution in [1.29, 1.82) is 0 Å². The molecular weight excluding hydrogens is 528 g/mol. The van der Waals surface area contributed by atoms with E-state index in [4.69, 9.17) is 4.74 Å². The summed E-state index contributed by atoms with van der Waals surface area (Å²) >= 11 is 0. The van der Waals surface area contributed by atoms with Crippen LogP contribution in [0.5, 0.6) is 0 Å². The molecule has 2 amide bonds. The molecule has 1 saturated heterocycles. The zero-order valence-corrected chi connectivity index (χ0v) is 21.4. The zero-order chi connectivity index (χ0) is 28.8. The van der Waals surface area contributed by atoms with Crippen molar-refractivity contribution in [2.24, 2.45) is 10.9 Å². The topological polar surface area (TPSA) is 62.2 Å². The Bertz CT molecular complexity index is 1130. The highest BCUT2D eigenvalue weighted by atomic mass is 19.4. The number of benzene rings is 2. The number of amides is 2. The molecule has 0 aromatic heterocycles. The third-order valence-electron chi connectivity index (χ3n) is 6.32. The summed E-state index contributed by atoms with van der Waals surface area (Å²) in [6, 6.07) is 9.35. The average Bonchev–Trinajstić information content (AvgIpc) is 2.86. The summed E-state index contributed by atoms with van der Waals surface area (Å²) < 4.78 is 85.3. The van der Waals surface area contributed by atoms with E-state index in [1.807, 2.05) is 31.1 Å². The lowest BCUT2D eigenvalue weighted by atomic mass is 9.87. The van der Waals surface area contributed by atoms with Crippen LogP contribution in [-0.4, -0.2) is 67.8 Å². The van der Waals surface area contributed by atoms with Gasteiger partial charge in [0.15, 0.2) is 0 Å². The number of rotatable bonds is 7. The molecule has 2 atom stereocenters. The Morgan fingerprint density at radius 1 is 1.03 bits per heavy atom. The fourth-order valence-electron chi connectivity index (χ4n) is 4.33. The Kier molecular flexibility index (Phi) is 9.76. The van der Waals surface area contributed by atoms with Crippen molar-refractivity contribution < 1.29 is 40.7 Å². The van der Waals surface area contributed by atoms with Crippen molar-refractivity contribution in [3.05, 3.63) is 70.8 Å². The van der Waals surface area contributed by atoms with Crippen molar-refractivity contribution in [1.82, 2.24) is 9.80 Å². The van der Waals surface area contributed by atoms with Crippen molar-refractivity contribution >= 4 is 18.2 Å². The van der Waals surface area contributed by atoms with Gasteiger partial charge in [-0.05, 0) is 63.0 Å². The summed E-state index contributed by atoms with van der Waals surface area (Å²) in [5.41, 5.74) is -2.95. The first-order valence-electron chi connectivity index (χ1n) is 12.2. The van der Waals surface area contributed by atoms with Crippen LogP contribution < -0.4 is 0 Å². The lowest BCUT2D eigenvalue weighted by Gasteiger charge is -2.39. The first-order valence-corrected chi connectivity index (χ1v) is 12.2.